The van der Waals surface area contributed by atoms with Crippen molar-refractivity contribution in [1.82, 2.24) is 0 Å². The van der Waals surface area contributed by atoms with Crippen LogP contribution in [0.1, 0.15) is 39.5 Å². The predicted molar refractivity (Wildman–Crippen MR) is 55.6 cm³/mol. The summed E-state index contributed by atoms with van der Waals surface area (Å²) in [5.74, 6) is 1.41. The van der Waals surface area contributed by atoms with E-state index in [1.54, 1.807) is 7.11 Å². The maximum atomic E-state index is 6.11. The van der Waals surface area contributed by atoms with Gasteiger partial charge in [-0.3, -0.25) is 0 Å². The van der Waals surface area contributed by atoms with E-state index in [1.165, 1.54) is 19.3 Å². The fourth-order valence-corrected chi connectivity index (χ4v) is 2.19. The lowest BCUT2D eigenvalue weighted by Gasteiger charge is -2.32. The quantitative estimate of drug-likeness (QED) is 0.712. The van der Waals surface area contributed by atoms with Gasteiger partial charge in [0.15, 0.2) is 0 Å². The third-order valence-corrected chi connectivity index (χ3v) is 3.18. The van der Waals surface area contributed by atoms with Crippen LogP contribution in [0, 0.1) is 11.8 Å². The first-order chi connectivity index (χ1) is 6.15. The second kappa shape index (κ2) is 4.97. The zero-order valence-electron chi connectivity index (χ0n) is 9.12. The van der Waals surface area contributed by atoms with Crippen molar-refractivity contribution in [3.63, 3.8) is 0 Å². The Bertz CT molecular complexity index is 143. The van der Waals surface area contributed by atoms with Gasteiger partial charge in [-0.2, -0.15) is 0 Å². The molecule has 2 unspecified atom stereocenters. The molecule has 0 bridgehead atoms. The van der Waals surface area contributed by atoms with Gasteiger partial charge in [0.05, 0.1) is 6.10 Å². The Kier molecular flexibility index (Phi) is 4.20. The van der Waals surface area contributed by atoms with Gasteiger partial charge in [-0.15, -0.1) is 0 Å². The summed E-state index contributed by atoms with van der Waals surface area (Å²) >= 11 is 0. The fourth-order valence-electron chi connectivity index (χ4n) is 2.19. The van der Waals surface area contributed by atoms with Crippen LogP contribution in [0.5, 0.6) is 0 Å². The molecule has 1 aliphatic carbocycles. The number of nitrogens with two attached hydrogens (primary N) is 1. The molecule has 0 amide bonds. The Labute approximate surface area is 81.8 Å². The average molecular weight is 185 g/mol. The lowest BCUT2D eigenvalue weighted by atomic mass is 9.79. The first-order valence-electron chi connectivity index (χ1n) is 5.43. The molecule has 0 spiro atoms. The normalized spacial score (nSPS) is 22.8. The molecule has 2 nitrogen and oxygen atoms in total. The number of rotatable bonds is 5. The van der Waals surface area contributed by atoms with Crippen LogP contribution in [0.4, 0.5) is 0 Å². The molecule has 0 aromatic rings. The summed E-state index contributed by atoms with van der Waals surface area (Å²) in [6.45, 7) is 4.35. The molecule has 1 rings (SSSR count). The summed E-state index contributed by atoms with van der Waals surface area (Å²) in [6, 6.07) is 0.232. The molecule has 0 heterocycles. The van der Waals surface area contributed by atoms with E-state index >= 15 is 0 Å². The second-order valence-corrected chi connectivity index (χ2v) is 4.64. The minimum atomic E-state index is 0.232. The van der Waals surface area contributed by atoms with Gasteiger partial charge < -0.3 is 10.5 Å². The Morgan fingerprint density at radius 1 is 1.38 bits per heavy atom. The lowest BCUT2D eigenvalue weighted by molar-refractivity contribution is 0.0333. The highest BCUT2D eigenvalue weighted by atomic mass is 16.5. The van der Waals surface area contributed by atoms with Crippen LogP contribution in [0.15, 0.2) is 0 Å². The van der Waals surface area contributed by atoms with E-state index in [9.17, 15) is 0 Å². The van der Waals surface area contributed by atoms with E-state index in [0.717, 1.165) is 12.3 Å². The van der Waals surface area contributed by atoms with Gasteiger partial charge in [0, 0.05) is 13.2 Å². The van der Waals surface area contributed by atoms with Gasteiger partial charge in [-0.25, -0.2) is 0 Å². The number of ether oxygens (including phenoxy) is 1. The van der Waals surface area contributed by atoms with Gasteiger partial charge >= 0.3 is 0 Å². The van der Waals surface area contributed by atoms with Crippen molar-refractivity contribution in [1.29, 1.82) is 0 Å². The van der Waals surface area contributed by atoms with E-state index in [2.05, 4.69) is 13.8 Å². The van der Waals surface area contributed by atoms with Crippen molar-refractivity contribution >= 4 is 0 Å². The van der Waals surface area contributed by atoms with E-state index in [4.69, 9.17) is 10.5 Å². The highest BCUT2D eigenvalue weighted by Crippen LogP contribution is 2.31. The van der Waals surface area contributed by atoms with Crippen LogP contribution in [0.3, 0.4) is 0 Å². The first kappa shape index (κ1) is 11.0. The van der Waals surface area contributed by atoms with Gasteiger partial charge in [0.2, 0.25) is 0 Å². The van der Waals surface area contributed by atoms with Crippen molar-refractivity contribution in [3.05, 3.63) is 0 Å². The van der Waals surface area contributed by atoms with Crippen LogP contribution in [-0.2, 0) is 4.74 Å². The van der Waals surface area contributed by atoms with Gasteiger partial charge in [-0.05, 0) is 18.3 Å². The number of hydrogen-bond acceptors (Lipinski definition) is 2. The summed E-state index contributed by atoms with van der Waals surface area (Å²) in [5, 5.41) is 0. The SMILES string of the molecule is COC(C(C)C)C(N)CC1CCC1. The Morgan fingerprint density at radius 2 is 2.00 bits per heavy atom. The molecule has 1 saturated carbocycles. The Balaban J connectivity index is 2.29. The maximum Gasteiger partial charge on any atom is 0.0745 e. The predicted octanol–water partition coefficient (Wildman–Crippen LogP) is 2.17. The minimum absolute atomic E-state index is 0.232. The van der Waals surface area contributed by atoms with Crippen molar-refractivity contribution in [3.8, 4) is 0 Å². The molecule has 2 atom stereocenters. The summed E-state index contributed by atoms with van der Waals surface area (Å²) < 4.78 is 5.42. The number of methoxy groups -OCH3 is 1. The maximum absolute atomic E-state index is 6.11. The monoisotopic (exact) mass is 185 g/mol. The third kappa shape index (κ3) is 2.96. The second-order valence-electron chi connectivity index (χ2n) is 4.64. The molecule has 2 heteroatoms. The molecule has 13 heavy (non-hydrogen) atoms. The van der Waals surface area contributed by atoms with Crippen molar-refractivity contribution in [2.45, 2.75) is 51.7 Å². The topological polar surface area (TPSA) is 35.2 Å². The van der Waals surface area contributed by atoms with E-state index < -0.39 is 0 Å². The molecular formula is C11H23NO. The van der Waals surface area contributed by atoms with Crippen LogP contribution < -0.4 is 5.73 Å². The van der Waals surface area contributed by atoms with Crippen LogP contribution in [0.25, 0.3) is 0 Å². The molecule has 78 valence electrons. The summed E-state index contributed by atoms with van der Waals surface area (Å²) in [6.07, 6.45) is 5.54. The van der Waals surface area contributed by atoms with E-state index in [-0.39, 0.29) is 12.1 Å². The Hall–Kier alpha value is -0.0800. The van der Waals surface area contributed by atoms with E-state index in [1.807, 2.05) is 0 Å². The summed E-state index contributed by atoms with van der Waals surface area (Å²) in [4.78, 5) is 0. The smallest absolute Gasteiger partial charge is 0.0745 e. The van der Waals surface area contributed by atoms with Crippen LogP contribution >= 0.6 is 0 Å². The van der Waals surface area contributed by atoms with E-state index in [0.29, 0.717) is 5.92 Å². The zero-order chi connectivity index (χ0) is 9.84. The molecule has 1 fully saturated rings. The molecule has 0 saturated heterocycles. The molecule has 0 aromatic carbocycles. The Morgan fingerprint density at radius 3 is 2.31 bits per heavy atom. The summed E-state index contributed by atoms with van der Waals surface area (Å²) in [7, 11) is 1.77. The highest BCUT2D eigenvalue weighted by Gasteiger charge is 2.26. The van der Waals surface area contributed by atoms with Crippen molar-refractivity contribution in [2.75, 3.05) is 7.11 Å². The summed E-state index contributed by atoms with van der Waals surface area (Å²) in [5.41, 5.74) is 6.11. The first-order valence-corrected chi connectivity index (χ1v) is 5.43. The van der Waals surface area contributed by atoms with Crippen molar-refractivity contribution < 1.29 is 4.74 Å². The standard InChI is InChI=1S/C11H23NO/c1-8(2)11(13-3)10(12)7-9-5-4-6-9/h8-11H,4-7,12H2,1-3H3. The average Bonchev–Trinajstić information content (AvgIpc) is 1.97. The fraction of sp³-hybridized carbons (Fsp3) is 1.00. The number of hydrogen-bond donors (Lipinski definition) is 1. The molecule has 0 aliphatic heterocycles. The largest absolute Gasteiger partial charge is 0.380 e. The minimum Gasteiger partial charge on any atom is -0.380 e. The van der Waals surface area contributed by atoms with Crippen LogP contribution in [0.2, 0.25) is 0 Å². The van der Waals surface area contributed by atoms with Crippen LogP contribution in [-0.4, -0.2) is 19.3 Å². The molecular weight excluding hydrogens is 162 g/mol. The van der Waals surface area contributed by atoms with Gasteiger partial charge in [0.25, 0.3) is 0 Å². The third-order valence-electron chi connectivity index (χ3n) is 3.18. The molecule has 0 radical (unpaired) electrons. The molecule has 1 aliphatic rings. The van der Waals surface area contributed by atoms with Gasteiger partial charge in [-0.1, -0.05) is 33.1 Å². The zero-order valence-corrected chi connectivity index (χ0v) is 9.12. The molecule has 0 aromatic heterocycles. The van der Waals surface area contributed by atoms with Gasteiger partial charge in [0.1, 0.15) is 0 Å². The van der Waals surface area contributed by atoms with Crippen molar-refractivity contribution in [2.24, 2.45) is 17.6 Å². The lowest BCUT2D eigenvalue weighted by Crippen LogP contribution is -2.41. The molecule has 2 N–H and O–H groups in total. The highest BCUT2D eigenvalue weighted by molar-refractivity contribution is 4.81.